The summed E-state index contributed by atoms with van der Waals surface area (Å²) in [4.78, 5) is 7.38. The van der Waals surface area contributed by atoms with E-state index in [1.807, 2.05) is 36.5 Å². The smallest absolute Gasteiger partial charge is 0.165 e. The molecule has 0 radical (unpaired) electrons. The Labute approximate surface area is 147 Å². The second kappa shape index (κ2) is 7.40. The number of nitrogens with one attached hydrogen (secondary N) is 2. The molecule has 2 heterocycles. The molecule has 0 saturated carbocycles. The normalized spacial score (nSPS) is 14.7. The number of aromatic amines is 1. The minimum Gasteiger partial charge on any atom is -0.490 e. The summed E-state index contributed by atoms with van der Waals surface area (Å²) in [6.07, 6.45) is 4.47. The Balaban J connectivity index is 1.58. The summed E-state index contributed by atoms with van der Waals surface area (Å²) in [6.45, 7) is 2.06. The number of para-hydroxylation sites is 1. The third-order valence-electron chi connectivity index (χ3n) is 4.31. The number of benzene rings is 2. The van der Waals surface area contributed by atoms with Gasteiger partial charge in [0, 0.05) is 24.7 Å². The van der Waals surface area contributed by atoms with E-state index in [1.54, 1.807) is 6.33 Å². The Bertz CT molecular complexity index is 803. The number of hydrogen-bond acceptors (Lipinski definition) is 4. The Kier molecular flexibility index (Phi) is 4.65. The molecule has 1 aliphatic rings. The first-order chi connectivity index (χ1) is 12.4. The van der Waals surface area contributed by atoms with Gasteiger partial charge in [0.1, 0.15) is 0 Å². The van der Waals surface area contributed by atoms with E-state index in [1.165, 1.54) is 5.56 Å². The molecule has 5 nitrogen and oxygen atoms in total. The summed E-state index contributed by atoms with van der Waals surface area (Å²) >= 11 is 0. The van der Waals surface area contributed by atoms with Crippen LogP contribution < -0.4 is 14.8 Å². The maximum absolute atomic E-state index is 5.92. The molecule has 1 atom stereocenters. The second-order valence-corrected chi connectivity index (χ2v) is 6.03. The molecule has 2 N–H and O–H groups in total. The highest BCUT2D eigenvalue weighted by atomic mass is 16.5. The maximum Gasteiger partial charge on any atom is 0.165 e. The fraction of sp³-hybridized carbons (Fsp3) is 0.250. The first-order valence-electron chi connectivity index (χ1n) is 8.56. The van der Waals surface area contributed by atoms with Gasteiger partial charge in [-0.15, -0.1) is 0 Å². The largest absolute Gasteiger partial charge is 0.490 e. The molecule has 0 spiro atoms. The topological polar surface area (TPSA) is 59.2 Å². The number of imidazole rings is 1. The van der Waals surface area contributed by atoms with Gasteiger partial charge >= 0.3 is 0 Å². The van der Waals surface area contributed by atoms with Crippen molar-refractivity contribution in [1.82, 2.24) is 15.3 Å². The third-order valence-corrected chi connectivity index (χ3v) is 4.31. The van der Waals surface area contributed by atoms with E-state index in [-0.39, 0.29) is 6.04 Å². The average molecular weight is 335 g/mol. The van der Waals surface area contributed by atoms with Gasteiger partial charge in [-0.25, -0.2) is 4.98 Å². The number of aromatic nitrogens is 2. The SMILES string of the molecule is c1ccc(C(NCc2cccc3c2OCCCO3)c2cnc[nH]2)cc1. The summed E-state index contributed by atoms with van der Waals surface area (Å²) in [6, 6.07) is 16.4. The van der Waals surface area contributed by atoms with Crippen LogP contribution in [0.25, 0.3) is 0 Å². The van der Waals surface area contributed by atoms with Crippen molar-refractivity contribution in [1.29, 1.82) is 0 Å². The highest BCUT2D eigenvalue weighted by Gasteiger charge is 2.18. The highest BCUT2D eigenvalue weighted by Crippen LogP contribution is 2.33. The number of rotatable bonds is 5. The molecule has 0 fully saturated rings. The average Bonchev–Trinajstić information content (AvgIpc) is 3.07. The molecule has 128 valence electrons. The van der Waals surface area contributed by atoms with Crippen LogP contribution in [0.4, 0.5) is 0 Å². The Morgan fingerprint density at radius 3 is 2.76 bits per heavy atom. The Morgan fingerprint density at radius 2 is 1.92 bits per heavy atom. The molecule has 25 heavy (non-hydrogen) atoms. The minimum atomic E-state index is 0.0336. The van der Waals surface area contributed by atoms with Gasteiger partial charge in [-0.2, -0.15) is 0 Å². The fourth-order valence-electron chi connectivity index (χ4n) is 3.08. The van der Waals surface area contributed by atoms with Crippen LogP contribution >= 0.6 is 0 Å². The number of hydrogen-bond donors (Lipinski definition) is 2. The summed E-state index contributed by atoms with van der Waals surface area (Å²) in [5, 5.41) is 3.62. The summed E-state index contributed by atoms with van der Waals surface area (Å²) in [5.74, 6) is 1.68. The van der Waals surface area contributed by atoms with Gasteiger partial charge in [-0.05, 0) is 11.6 Å². The van der Waals surface area contributed by atoms with Crippen LogP contribution in [-0.2, 0) is 6.54 Å². The minimum absolute atomic E-state index is 0.0336. The van der Waals surface area contributed by atoms with Crippen LogP contribution in [0.1, 0.15) is 29.3 Å². The van der Waals surface area contributed by atoms with Gasteiger partial charge in [0.2, 0.25) is 0 Å². The molecule has 4 rings (SSSR count). The van der Waals surface area contributed by atoms with E-state index in [9.17, 15) is 0 Å². The summed E-state index contributed by atoms with van der Waals surface area (Å²) < 4.78 is 11.7. The molecule has 2 aromatic carbocycles. The zero-order chi connectivity index (χ0) is 16.9. The quantitative estimate of drug-likeness (QED) is 0.750. The predicted octanol–water partition coefficient (Wildman–Crippen LogP) is 3.45. The van der Waals surface area contributed by atoms with E-state index < -0.39 is 0 Å². The Morgan fingerprint density at radius 1 is 1.04 bits per heavy atom. The van der Waals surface area contributed by atoms with Crippen molar-refractivity contribution < 1.29 is 9.47 Å². The first-order valence-corrected chi connectivity index (χ1v) is 8.56. The lowest BCUT2D eigenvalue weighted by molar-refractivity contribution is 0.296. The van der Waals surface area contributed by atoms with Crippen molar-refractivity contribution >= 4 is 0 Å². The monoisotopic (exact) mass is 335 g/mol. The van der Waals surface area contributed by atoms with Crippen molar-refractivity contribution in [3.63, 3.8) is 0 Å². The van der Waals surface area contributed by atoms with Gasteiger partial charge in [0.25, 0.3) is 0 Å². The first kappa shape index (κ1) is 15.7. The van der Waals surface area contributed by atoms with Crippen LogP contribution in [0.3, 0.4) is 0 Å². The van der Waals surface area contributed by atoms with E-state index in [0.29, 0.717) is 19.8 Å². The number of fused-ring (bicyclic) bond motifs is 1. The lowest BCUT2D eigenvalue weighted by Gasteiger charge is -2.19. The Hall–Kier alpha value is -2.79. The van der Waals surface area contributed by atoms with Crippen molar-refractivity contribution in [2.24, 2.45) is 0 Å². The predicted molar refractivity (Wildman–Crippen MR) is 95.8 cm³/mol. The number of nitrogens with zero attached hydrogens (tertiary/aromatic N) is 1. The lowest BCUT2D eigenvalue weighted by Crippen LogP contribution is -2.22. The molecule has 0 amide bonds. The molecule has 1 unspecified atom stereocenters. The molecular weight excluding hydrogens is 314 g/mol. The molecule has 1 aliphatic heterocycles. The van der Waals surface area contributed by atoms with Crippen LogP contribution in [0, 0.1) is 0 Å². The van der Waals surface area contributed by atoms with Gasteiger partial charge < -0.3 is 19.8 Å². The van der Waals surface area contributed by atoms with Crippen molar-refractivity contribution in [3.8, 4) is 11.5 Å². The zero-order valence-electron chi connectivity index (χ0n) is 13.9. The van der Waals surface area contributed by atoms with Crippen LogP contribution in [0.15, 0.2) is 61.1 Å². The van der Waals surface area contributed by atoms with Crippen LogP contribution in [-0.4, -0.2) is 23.2 Å². The van der Waals surface area contributed by atoms with Gasteiger partial charge in [-0.1, -0.05) is 42.5 Å². The molecule has 5 heteroatoms. The van der Waals surface area contributed by atoms with Crippen LogP contribution in [0.5, 0.6) is 11.5 Å². The number of ether oxygens (including phenoxy) is 2. The highest BCUT2D eigenvalue weighted by molar-refractivity contribution is 5.47. The van der Waals surface area contributed by atoms with E-state index in [4.69, 9.17) is 9.47 Å². The van der Waals surface area contributed by atoms with Crippen molar-refractivity contribution in [2.75, 3.05) is 13.2 Å². The summed E-state index contributed by atoms with van der Waals surface area (Å²) in [5.41, 5.74) is 3.32. The molecule has 0 bridgehead atoms. The second-order valence-electron chi connectivity index (χ2n) is 6.03. The number of H-pyrrole nitrogens is 1. The standard InChI is InChI=1S/C20H21N3O2/c1-2-6-15(7-3-1)19(17-13-21-14-23-17)22-12-16-8-4-9-18-20(16)25-11-5-10-24-18/h1-4,6-9,13-14,19,22H,5,10-12H2,(H,21,23). The molecule has 0 saturated heterocycles. The third kappa shape index (κ3) is 3.51. The van der Waals surface area contributed by atoms with E-state index >= 15 is 0 Å². The summed E-state index contributed by atoms with van der Waals surface area (Å²) in [7, 11) is 0. The maximum atomic E-state index is 5.92. The lowest BCUT2D eigenvalue weighted by atomic mass is 10.0. The zero-order valence-corrected chi connectivity index (χ0v) is 13.9. The molecule has 0 aliphatic carbocycles. The van der Waals surface area contributed by atoms with Gasteiger partial charge in [0.05, 0.1) is 31.3 Å². The van der Waals surface area contributed by atoms with Crippen molar-refractivity contribution in [3.05, 3.63) is 77.9 Å². The van der Waals surface area contributed by atoms with E-state index in [2.05, 4.69) is 33.5 Å². The van der Waals surface area contributed by atoms with Crippen LogP contribution in [0.2, 0.25) is 0 Å². The molecular formula is C20H21N3O2. The van der Waals surface area contributed by atoms with E-state index in [0.717, 1.165) is 29.2 Å². The molecule has 3 aromatic rings. The van der Waals surface area contributed by atoms with Crippen molar-refractivity contribution in [2.45, 2.75) is 19.0 Å². The molecule has 1 aromatic heterocycles. The van der Waals surface area contributed by atoms with Gasteiger partial charge in [0.15, 0.2) is 11.5 Å². The fourth-order valence-corrected chi connectivity index (χ4v) is 3.08. The van der Waals surface area contributed by atoms with Gasteiger partial charge in [-0.3, -0.25) is 0 Å².